The smallest absolute Gasteiger partial charge is 0.363 e. The number of hydrogen-bond donors (Lipinski definition) is 2. The van der Waals surface area contributed by atoms with Gasteiger partial charge in [0.25, 0.3) is 5.91 Å². The van der Waals surface area contributed by atoms with Gasteiger partial charge in [0.15, 0.2) is 6.04 Å². The van der Waals surface area contributed by atoms with Crippen LogP contribution >= 0.6 is 11.6 Å². The summed E-state index contributed by atoms with van der Waals surface area (Å²) in [5, 5.41) is 10.2. The van der Waals surface area contributed by atoms with Gasteiger partial charge in [-0.15, -0.1) is 0 Å². The predicted octanol–water partition coefficient (Wildman–Crippen LogP) is 5.69. The third-order valence-electron chi connectivity index (χ3n) is 5.67. The molecule has 0 aliphatic carbocycles. The van der Waals surface area contributed by atoms with E-state index in [1.165, 1.54) is 6.20 Å². The Bertz CT molecular complexity index is 1110. The Morgan fingerprint density at radius 3 is 2.59 bits per heavy atom. The lowest BCUT2D eigenvalue weighted by molar-refractivity contribution is -0.173. The van der Waals surface area contributed by atoms with Crippen molar-refractivity contribution in [2.75, 3.05) is 5.32 Å². The first-order chi connectivity index (χ1) is 15.3. The van der Waals surface area contributed by atoms with Crippen molar-refractivity contribution >= 4 is 23.3 Å². The van der Waals surface area contributed by atoms with Crippen molar-refractivity contribution in [3.63, 3.8) is 0 Å². The van der Waals surface area contributed by atoms with Gasteiger partial charge in [0.1, 0.15) is 11.4 Å². The summed E-state index contributed by atoms with van der Waals surface area (Å²) in [6.07, 6.45) is -2.71. The van der Waals surface area contributed by atoms with Crippen LogP contribution in [0.25, 0.3) is 0 Å². The van der Waals surface area contributed by atoms with Crippen molar-refractivity contribution in [3.05, 3.63) is 82.0 Å². The summed E-state index contributed by atoms with van der Waals surface area (Å²) < 4.78 is 42.4. The predicted molar refractivity (Wildman–Crippen MR) is 117 cm³/mol. The number of carbonyl (C=O) groups excluding carboxylic acids is 1. The quantitative estimate of drug-likeness (QED) is 0.512. The zero-order valence-corrected chi connectivity index (χ0v) is 18.0. The average molecular weight is 463 g/mol. The van der Waals surface area contributed by atoms with Gasteiger partial charge in [-0.05, 0) is 29.2 Å². The highest BCUT2D eigenvalue weighted by Gasteiger charge is 2.47. The van der Waals surface area contributed by atoms with Crippen molar-refractivity contribution in [1.29, 1.82) is 0 Å². The fourth-order valence-electron chi connectivity index (χ4n) is 3.85. The van der Waals surface area contributed by atoms with Gasteiger partial charge in [-0.3, -0.25) is 4.79 Å². The Hall–Kier alpha value is -3.00. The molecule has 2 heterocycles. The average Bonchev–Trinajstić information content (AvgIpc) is 3.21. The Kier molecular flexibility index (Phi) is 6.15. The molecule has 2 N–H and O–H groups in total. The van der Waals surface area contributed by atoms with Crippen LogP contribution in [0.4, 0.5) is 19.0 Å². The van der Waals surface area contributed by atoms with E-state index in [0.29, 0.717) is 10.6 Å². The van der Waals surface area contributed by atoms with Crippen LogP contribution in [0.2, 0.25) is 5.02 Å². The highest BCUT2D eigenvalue weighted by Crippen LogP contribution is 2.44. The molecule has 9 heteroatoms. The molecule has 1 amide bonds. The highest BCUT2D eigenvalue weighted by atomic mass is 35.5. The van der Waals surface area contributed by atoms with Crippen LogP contribution in [-0.4, -0.2) is 21.9 Å². The van der Waals surface area contributed by atoms with E-state index in [9.17, 15) is 18.0 Å². The van der Waals surface area contributed by atoms with Gasteiger partial charge in [0.05, 0.1) is 12.2 Å². The molecule has 1 aromatic heterocycles. The minimum atomic E-state index is -4.50. The van der Waals surface area contributed by atoms with Crippen molar-refractivity contribution in [3.8, 4) is 0 Å². The van der Waals surface area contributed by atoms with E-state index in [0.717, 1.165) is 22.2 Å². The molecular weight excluding hydrogens is 441 g/mol. The Morgan fingerprint density at radius 1 is 1.22 bits per heavy atom. The molecule has 1 aliphatic heterocycles. The third-order valence-corrected chi connectivity index (χ3v) is 6.04. The first-order valence-corrected chi connectivity index (χ1v) is 10.7. The maximum absolute atomic E-state index is 13.8. The third kappa shape index (κ3) is 4.46. The van der Waals surface area contributed by atoms with Gasteiger partial charge >= 0.3 is 6.18 Å². The van der Waals surface area contributed by atoms with E-state index in [1.807, 2.05) is 31.2 Å². The number of alkyl halides is 3. The SMILES string of the molecule is CCc1ccc(C2CC(C(F)(F)F)n3ncc(C(=O)NCc4ccccc4Cl)c3N2)cc1. The maximum Gasteiger partial charge on any atom is 0.410 e. The normalized spacial score (nSPS) is 18.0. The van der Waals surface area contributed by atoms with Gasteiger partial charge < -0.3 is 10.6 Å². The molecule has 0 radical (unpaired) electrons. The molecule has 32 heavy (non-hydrogen) atoms. The van der Waals surface area contributed by atoms with E-state index >= 15 is 0 Å². The molecule has 1 aliphatic rings. The molecule has 0 saturated heterocycles. The standard InChI is InChI=1S/C23H22ClF3N4O/c1-2-14-7-9-15(10-8-14)19-11-20(23(25,26)27)31-21(30-19)17(13-29-31)22(32)28-12-16-5-3-4-6-18(16)24/h3-10,13,19-20,30H,2,11-12H2,1H3,(H,28,32). The van der Waals surface area contributed by atoms with E-state index in [1.54, 1.807) is 24.3 Å². The van der Waals surface area contributed by atoms with E-state index in [-0.39, 0.29) is 24.3 Å². The van der Waals surface area contributed by atoms with Crippen molar-refractivity contribution in [1.82, 2.24) is 15.1 Å². The summed E-state index contributed by atoms with van der Waals surface area (Å²) in [6, 6.07) is 12.1. The number of aryl methyl sites for hydroxylation is 1. The molecule has 0 fully saturated rings. The number of anilines is 1. The summed E-state index contributed by atoms with van der Waals surface area (Å²) in [5.41, 5.74) is 2.59. The van der Waals surface area contributed by atoms with Crippen LogP contribution in [0.1, 0.15) is 52.5 Å². The van der Waals surface area contributed by atoms with Gasteiger partial charge in [0, 0.05) is 18.0 Å². The van der Waals surface area contributed by atoms with Crippen molar-refractivity contribution in [2.45, 2.75) is 44.6 Å². The zero-order valence-electron chi connectivity index (χ0n) is 17.3. The second kappa shape index (κ2) is 8.86. The molecule has 0 saturated carbocycles. The summed E-state index contributed by atoms with van der Waals surface area (Å²) in [7, 11) is 0. The van der Waals surface area contributed by atoms with E-state index in [4.69, 9.17) is 11.6 Å². The lowest BCUT2D eigenvalue weighted by Gasteiger charge is -2.34. The number of nitrogens with zero attached hydrogens (tertiary/aromatic N) is 2. The number of hydrogen-bond acceptors (Lipinski definition) is 3. The van der Waals surface area contributed by atoms with Gasteiger partial charge in [-0.2, -0.15) is 18.3 Å². The fourth-order valence-corrected chi connectivity index (χ4v) is 4.05. The van der Waals surface area contributed by atoms with E-state index < -0.39 is 24.2 Å². The number of halogens is 4. The second-order valence-corrected chi connectivity index (χ2v) is 8.12. The van der Waals surface area contributed by atoms with E-state index in [2.05, 4.69) is 15.7 Å². The molecule has 2 unspecified atom stereocenters. The largest absolute Gasteiger partial charge is 0.410 e. The molecule has 2 aromatic carbocycles. The summed E-state index contributed by atoms with van der Waals surface area (Å²) >= 11 is 6.12. The number of benzene rings is 2. The van der Waals surface area contributed by atoms with Gasteiger partial charge in [-0.25, -0.2) is 4.68 Å². The maximum atomic E-state index is 13.8. The lowest BCUT2D eigenvalue weighted by atomic mass is 9.95. The summed E-state index contributed by atoms with van der Waals surface area (Å²) in [6.45, 7) is 2.16. The summed E-state index contributed by atoms with van der Waals surface area (Å²) in [4.78, 5) is 12.8. The molecule has 5 nitrogen and oxygen atoms in total. The molecule has 0 spiro atoms. The molecule has 0 bridgehead atoms. The number of nitrogens with one attached hydrogen (secondary N) is 2. The van der Waals surface area contributed by atoms with Crippen LogP contribution in [0.5, 0.6) is 0 Å². The summed E-state index contributed by atoms with van der Waals surface area (Å²) in [5.74, 6) is -0.471. The fraction of sp³-hybridized carbons (Fsp3) is 0.304. The monoisotopic (exact) mass is 462 g/mol. The Balaban J connectivity index is 1.61. The Morgan fingerprint density at radius 2 is 1.94 bits per heavy atom. The first kappa shape index (κ1) is 22.2. The number of carbonyl (C=O) groups is 1. The van der Waals surface area contributed by atoms with Crippen LogP contribution in [0.15, 0.2) is 54.7 Å². The molecule has 168 valence electrons. The lowest BCUT2D eigenvalue weighted by Crippen LogP contribution is -2.36. The molecular formula is C23H22ClF3N4O. The number of rotatable bonds is 5. The van der Waals surface area contributed by atoms with Crippen LogP contribution in [-0.2, 0) is 13.0 Å². The molecule has 2 atom stereocenters. The topological polar surface area (TPSA) is 59.0 Å². The molecule has 3 aromatic rings. The van der Waals surface area contributed by atoms with Gasteiger partial charge in [-0.1, -0.05) is 61.0 Å². The van der Waals surface area contributed by atoms with Crippen molar-refractivity contribution < 1.29 is 18.0 Å². The van der Waals surface area contributed by atoms with Crippen LogP contribution in [0, 0.1) is 0 Å². The minimum absolute atomic E-state index is 0.0554. The number of fused-ring (bicyclic) bond motifs is 1. The number of amides is 1. The Labute approximate surface area is 188 Å². The van der Waals surface area contributed by atoms with Crippen LogP contribution in [0.3, 0.4) is 0 Å². The zero-order chi connectivity index (χ0) is 22.9. The number of aromatic nitrogens is 2. The second-order valence-electron chi connectivity index (χ2n) is 7.71. The molecule has 4 rings (SSSR count). The van der Waals surface area contributed by atoms with Crippen LogP contribution < -0.4 is 10.6 Å². The van der Waals surface area contributed by atoms with Gasteiger partial charge in [0.2, 0.25) is 0 Å². The minimum Gasteiger partial charge on any atom is -0.363 e. The highest BCUT2D eigenvalue weighted by molar-refractivity contribution is 6.31. The first-order valence-electron chi connectivity index (χ1n) is 10.3. The van der Waals surface area contributed by atoms with Crippen molar-refractivity contribution in [2.24, 2.45) is 0 Å².